The maximum atomic E-state index is 12.0. The highest BCUT2D eigenvalue weighted by molar-refractivity contribution is 7.92. The number of nitrogens with one attached hydrogen (secondary N) is 1. The fourth-order valence-electron chi connectivity index (χ4n) is 1.44. The van der Waals surface area contributed by atoms with Gasteiger partial charge in [0.25, 0.3) is 10.0 Å². The Morgan fingerprint density at radius 1 is 1.41 bits per heavy atom. The van der Waals surface area contributed by atoms with Gasteiger partial charge in [0.1, 0.15) is 0 Å². The molecule has 0 bridgehead atoms. The molecule has 9 heteroatoms. The zero-order chi connectivity index (χ0) is 12.6. The average molecular weight is 256 g/mol. The molecule has 0 radical (unpaired) electrons. The molecule has 0 unspecified atom stereocenters. The molecule has 8 nitrogen and oxygen atoms in total. The number of anilines is 2. The SMILES string of the molecule is Cn1cc(NS(=O)(=O)c2c(N)ncn2C)cn1. The molecule has 0 aliphatic carbocycles. The number of aryl methyl sites for hydroxylation is 2. The van der Waals surface area contributed by atoms with E-state index in [1.165, 1.54) is 21.8 Å². The van der Waals surface area contributed by atoms with Crippen molar-refractivity contribution < 1.29 is 8.42 Å². The highest BCUT2D eigenvalue weighted by Gasteiger charge is 2.22. The molecule has 0 fully saturated rings. The van der Waals surface area contributed by atoms with Gasteiger partial charge in [0.2, 0.25) is 0 Å². The number of sulfonamides is 1. The van der Waals surface area contributed by atoms with Crippen LogP contribution in [0.2, 0.25) is 0 Å². The molecule has 17 heavy (non-hydrogen) atoms. The topological polar surface area (TPSA) is 108 Å². The monoisotopic (exact) mass is 256 g/mol. The summed E-state index contributed by atoms with van der Waals surface area (Å²) in [6, 6.07) is 0. The van der Waals surface area contributed by atoms with Crippen molar-refractivity contribution in [2.75, 3.05) is 10.5 Å². The smallest absolute Gasteiger partial charge is 0.281 e. The highest BCUT2D eigenvalue weighted by Crippen LogP contribution is 2.19. The maximum Gasteiger partial charge on any atom is 0.281 e. The maximum absolute atomic E-state index is 12.0. The van der Waals surface area contributed by atoms with Crippen LogP contribution in [0.25, 0.3) is 0 Å². The summed E-state index contributed by atoms with van der Waals surface area (Å²) in [4.78, 5) is 3.73. The lowest BCUT2D eigenvalue weighted by Crippen LogP contribution is -2.17. The number of nitrogen functional groups attached to an aromatic ring is 1. The van der Waals surface area contributed by atoms with Crippen molar-refractivity contribution in [3.8, 4) is 0 Å². The van der Waals surface area contributed by atoms with Gasteiger partial charge < -0.3 is 10.3 Å². The first-order valence-corrected chi connectivity index (χ1v) is 6.17. The normalized spacial score (nSPS) is 11.6. The molecule has 92 valence electrons. The summed E-state index contributed by atoms with van der Waals surface area (Å²) in [5.74, 6) is -0.0381. The van der Waals surface area contributed by atoms with Crippen molar-refractivity contribution in [1.82, 2.24) is 19.3 Å². The van der Waals surface area contributed by atoms with Gasteiger partial charge in [-0.25, -0.2) is 4.98 Å². The molecular weight excluding hydrogens is 244 g/mol. The van der Waals surface area contributed by atoms with Crippen molar-refractivity contribution in [1.29, 1.82) is 0 Å². The van der Waals surface area contributed by atoms with E-state index in [2.05, 4.69) is 14.8 Å². The largest absolute Gasteiger partial charge is 0.381 e. The summed E-state index contributed by atoms with van der Waals surface area (Å²) < 4.78 is 29.3. The number of nitrogens with zero attached hydrogens (tertiary/aromatic N) is 4. The van der Waals surface area contributed by atoms with Crippen molar-refractivity contribution in [3.05, 3.63) is 18.7 Å². The van der Waals surface area contributed by atoms with Crippen LogP contribution >= 0.6 is 0 Å². The van der Waals surface area contributed by atoms with Crippen LogP contribution in [0, 0.1) is 0 Å². The first kappa shape index (κ1) is 11.5. The van der Waals surface area contributed by atoms with Gasteiger partial charge in [0.15, 0.2) is 10.8 Å². The first-order chi connectivity index (χ1) is 7.90. The number of hydrogen-bond donors (Lipinski definition) is 2. The molecule has 0 spiro atoms. The van der Waals surface area contributed by atoms with E-state index in [4.69, 9.17) is 5.73 Å². The highest BCUT2D eigenvalue weighted by atomic mass is 32.2. The van der Waals surface area contributed by atoms with E-state index in [9.17, 15) is 8.42 Å². The summed E-state index contributed by atoms with van der Waals surface area (Å²) in [6.45, 7) is 0. The minimum absolute atomic E-state index is 0.0381. The second kappa shape index (κ2) is 3.77. The van der Waals surface area contributed by atoms with E-state index in [1.807, 2.05) is 0 Å². The van der Waals surface area contributed by atoms with Gasteiger partial charge in [-0.3, -0.25) is 9.40 Å². The zero-order valence-electron chi connectivity index (χ0n) is 9.32. The van der Waals surface area contributed by atoms with Gasteiger partial charge in [-0.15, -0.1) is 0 Å². The predicted octanol–water partition coefficient (Wildman–Crippen LogP) is -0.463. The molecular formula is C8H12N6O2S. The molecule has 2 heterocycles. The molecule has 0 saturated heterocycles. The van der Waals surface area contributed by atoms with Gasteiger partial charge in [-0.05, 0) is 0 Å². The molecule has 0 aromatic carbocycles. The summed E-state index contributed by atoms with van der Waals surface area (Å²) >= 11 is 0. The summed E-state index contributed by atoms with van der Waals surface area (Å²) in [5, 5.41) is 3.79. The van der Waals surface area contributed by atoms with E-state index in [0.717, 1.165) is 0 Å². The fourth-order valence-corrected chi connectivity index (χ4v) is 2.71. The number of nitrogens with two attached hydrogens (primary N) is 1. The Morgan fingerprint density at radius 3 is 2.59 bits per heavy atom. The number of aromatic nitrogens is 4. The number of hydrogen-bond acceptors (Lipinski definition) is 5. The minimum atomic E-state index is -3.75. The lowest BCUT2D eigenvalue weighted by molar-refractivity contribution is 0.592. The Kier molecular flexibility index (Phi) is 2.54. The third-order valence-corrected chi connectivity index (χ3v) is 3.63. The van der Waals surface area contributed by atoms with Gasteiger partial charge in [-0.2, -0.15) is 13.5 Å². The van der Waals surface area contributed by atoms with Crippen LogP contribution in [0.1, 0.15) is 0 Å². The fraction of sp³-hybridized carbons (Fsp3) is 0.250. The third kappa shape index (κ3) is 2.09. The van der Waals surface area contributed by atoms with Gasteiger partial charge in [0, 0.05) is 20.3 Å². The van der Waals surface area contributed by atoms with E-state index in [1.54, 1.807) is 20.3 Å². The molecule has 0 aliphatic heterocycles. The third-order valence-electron chi connectivity index (χ3n) is 2.12. The molecule has 0 atom stereocenters. The Balaban J connectivity index is 2.38. The van der Waals surface area contributed by atoms with Crippen molar-refractivity contribution in [2.24, 2.45) is 14.1 Å². The summed E-state index contributed by atoms with van der Waals surface area (Å²) in [7, 11) is -0.498. The second-order valence-electron chi connectivity index (χ2n) is 3.55. The Hall–Kier alpha value is -2.03. The first-order valence-electron chi connectivity index (χ1n) is 4.68. The van der Waals surface area contributed by atoms with E-state index < -0.39 is 10.0 Å². The molecule has 2 aromatic rings. The van der Waals surface area contributed by atoms with Crippen LogP contribution in [-0.2, 0) is 24.1 Å². The van der Waals surface area contributed by atoms with Crippen LogP contribution in [-0.4, -0.2) is 27.7 Å². The predicted molar refractivity (Wildman–Crippen MR) is 61.6 cm³/mol. The molecule has 0 saturated carbocycles. The van der Waals surface area contributed by atoms with E-state index in [-0.39, 0.29) is 10.8 Å². The van der Waals surface area contributed by atoms with Crippen LogP contribution in [0.3, 0.4) is 0 Å². The quantitative estimate of drug-likeness (QED) is 0.772. The van der Waals surface area contributed by atoms with Crippen LogP contribution < -0.4 is 10.5 Å². The van der Waals surface area contributed by atoms with Crippen molar-refractivity contribution in [3.63, 3.8) is 0 Å². The Morgan fingerprint density at radius 2 is 2.12 bits per heavy atom. The standard InChI is InChI=1S/C8H12N6O2S/c1-13-5-10-7(9)8(13)17(15,16)12-6-3-11-14(2)4-6/h3-5,12H,9H2,1-2H3. The number of imidazole rings is 1. The van der Waals surface area contributed by atoms with Gasteiger partial charge in [-0.1, -0.05) is 0 Å². The Bertz CT molecular complexity index is 621. The van der Waals surface area contributed by atoms with Gasteiger partial charge in [0.05, 0.1) is 18.2 Å². The Labute approximate surface area is 98.1 Å². The summed E-state index contributed by atoms with van der Waals surface area (Å²) in [6.07, 6.45) is 4.29. The lowest BCUT2D eigenvalue weighted by atomic mass is 10.6. The molecule has 2 aromatic heterocycles. The van der Waals surface area contributed by atoms with Gasteiger partial charge >= 0.3 is 0 Å². The molecule has 0 aliphatic rings. The number of rotatable bonds is 3. The van der Waals surface area contributed by atoms with Crippen LogP contribution in [0.5, 0.6) is 0 Å². The molecule has 3 N–H and O–H groups in total. The second-order valence-corrected chi connectivity index (χ2v) is 5.15. The van der Waals surface area contributed by atoms with E-state index in [0.29, 0.717) is 5.69 Å². The van der Waals surface area contributed by atoms with Crippen LogP contribution in [0.4, 0.5) is 11.5 Å². The van der Waals surface area contributed by atoms with Crippen molar-refractivity contribution in [2.45, 2.75) is 5.03 Å². The van der Waals surface area contributed by atoms with Crippen LogP contribution in [0.15, 0.2) is 23.7 Å². The summed E-state index contributed by atoms with van der Waals surface area (Å²) in [5.41, 5.74) is 5.88. The molecule has 0 amide bonds. The van der Waals surface area contributed by atoms with Crippen molar-refractivity contribution >= 4 is 21.5 Å². The van der Waals surface area contributed by atoms with E-state index >= 15 is 0 Å². The zero-order valence-corrected chi connectivity index (χ0v) is 10.1. The average Bonchev–Trinajstić information content (AvgIpc) is 2.73. The lowest BCUT2D eigenvalue weighted by Gasteiger charge is -2.06. The minimum Gasteiger partial charge on any atom is -0.381 e. The molecule has 2 rings (SSSR count).